The SMILES string of the molecule is O=C(NC1CCC(n2nnc(-c3ccccc3)n2)CC1)c1ccc(CO)cc1. The first-order valence-corrected chi connectivity index (χ1v) is 9.58. The summed E-state index contributed by atoms with van der Waals surface area (Å²) >= 11 is 0. The van der Waals surface area contributed by atoms with E-state index in [1.807, 2.05) is 30.3 Å². The number of aliphatic hydroxyl groups excluding tert-OH is 1. The van der Waals surface area contributed by atoms with Crippen molar-refractivity contribution in [1.82, 2.24) is 25.5 Å². The number of carbonyl (C=O) groups excluding carboxylic acids is 1. The number of aromatic nitrogens is 4. The van der Waals surface area contributed by atoms with E-state index in [1.54, 1.807) is 29.1 Å². The van der Waals surface area contributed by atoms with Gasteiger partial charge in [0, 0.05) is 17.2 Å². The predicted molar refractivity (Wildman–Crippen MR) is 104 cm³/mol. The molecule has 1 aliphatic rings. The van der Waals surface area contributed by atoms with Gasteiger partial charge in [0.05, 0.1) is 12.6 Å². The molecule has 0 bridgehead atoms. The third-order valence-corrected chi connectivity index (χ3v) is 5.22. The first kappa shape index (κ1) is 18.3. The highest BCUT2D eigenvalue weighted by Crippen LogP contribution is 2.28. The van der Waals surface area contributed by atoms with Gasteiger partial charge < -0.3 is 10.4 Å². The summed E-state index contributed by atoms with van der Waals surface area (Å²) in [6.45, 7) is -0.0196. The maximum Gasteiger partial charge on any atom is 0.251 e. The molecule has 0 unspecified atom stereocenters. The minimum absolute atomic E-state index is 0.0196. The van der Waals surface area contributed by atoms with Crippen LogP contribution in [0.4, 0.5) is 0 Å². The summed E-state index contributed by atoms with van der Waals surface area (Å²) in [5, 5.41) is 25.2. The lowest BCUT2D eigenvalue weighted by Crippen LogP contribution is -2.38. The maximum absolute atomic E-state index is 12.4. The Balaban J connectivity index is 1.32. The van der Waals surface area contributed by atoms with Crippen LogP contribution in [-0.2, 0) is 6.61 Å². The summed E-state index contributed by atoms with van der Waals surface area (Å²) in [6.07, 6.45) is 3.57. The third-order valence-electron chi connectivity index (χ3n) is 5.22. The molecule has 3 aromatic rings. The molecule has 4 rings (SSSR count). The molecule has 0 radical (unpaired) electrons. The molecule has 28 heavy (non-hydrogen) atoms. The van der Waals surface area contributed by atoms with Gasteiger partial charge in [-0.2, -0.15) is 4.80 Å². The number of carbonyl (C=O) groups is 1. The van der Waals surface area contributed by atoms with Crippen molar-refractivity contribution in [2.75, 3.05) is 0 Å². The third kappa shape index (κ3) is 4.09. The zero-order chi connectivity index (χ0) is 19.3. The molecular weight excluding hydrogens is 354 g/mol. The number of nitrogens with zero attached hydrogens (tertiary/aromatic N) is 4. The maximum atomic E-state index is 12.4. The summed E-state index contributed by atoms with van der Waals surface area (Å²) in [5.74, 6) is 0.570. The van der Waals surface area contributed by atoms with E-state index >= 15 is 0 Å². The number of rotatable bonds is 5. The highest BCUT2D eigenvalue weighted by Gasteiger charge is 2.25. The first-order valence-electron chi connectivity index (χ1n) is 9.58. The van der Waals surface area contributed by atoms with Crippen molar-refractivity contribution in [2.45, 2.75) is 44.4 Å². The molecule has 2 N–H and O–H groups in total. The number of hydrogen-bond donors (Lipinski definition) is 2. The van der Waals surface area contributed by atoms with Crippen molar-refractivity contribution in [1.29, 1.82) is 0 Å². The first-order chi connectivity index (χ1) is 13.7. The zero-order valence-electron chi connectivity index (χ0n) is 15.5. The minimum Gasteiger partial charge on any atom is -0.392 e. The van der Waals surface area contributed by atoms with Gasteiger partial charge in [0.15, 0.2) is 0 Å². The topological polar surface area (TPSA) is 92.9 Å². The molecule has 144 valence electrons. The van der Waals surface area contributed by atoms with Crippen LogP contribution < -0.4 is 5.32 Å². The highest BCUT2D eigenvalue weighted by molar-refractivity contribution is 5.94. The molecule has 2 aromatic carbocycles. The summed E-state index contributed by atoms with van der Waals surface area (Å²) in [4.78, 5) is 14.1. The molecule has 7 heteroatoms. The van der Waals surface area contributed by atoms with Crippen molar-refractivity contribution in [3.63, 3.8) is 0 Å². The van der Waals surface area contributed by atoms with Gasteiger partial charge in [0.2, 0.25) is 5.82 Å². The Labute approximate surface area is 163 Å². The lowest BCUT2D eigenvalue weighted by atomic mass is 9.91. The molecule has 0 aliphatic heterocycles. The largest absolute Gasteiger partial charge is 0.392 e. The van der Waals surface area contributed by atoms with Crippen molar-refractivity contribution in [3.05, 3.63) is 65.7 Å². The smallest absolute Gasteiger partial charge is 0.251 e. The van der Waals surface area contributed by atoms with Crippen LogP contribution in [0.5, 0.6) is 0 Å². The molecule has 0 spiro atoms. The van der Waals surface area contributed by atoms with Gasteiger partial charge in [-0.15, -0.1) is 10.2 Å². The number of nitrogens with one attached hydrogen (secondary N) is 1. The highest BCUT2D eigenvalue weighted by atomic mass is 16.3. The lowest BCUT2D eigenvalue weighted by Gasteiger charge is -2.28. The van der Waals surface area contributed by atoms with E-state index in [2.05, 4.69) is 20.7 Å². The van der Waals surface area contributed by atoms with Crippen molar-refractivity contribution in [3.8, 4) is 11.4 Å². The Morgan fingerprint density at radius 2 is 1.75 bits per heavy atom. The monoisotopic (exact) mass is 377 g/mol. The van der Waals surface area contributed by atoms with Gasteiger partial charge in [-0.3, -0.25) is 4.79 Å². The van der Waals surface area contributed by atoms with E-state index in [0.29, 0.717) is 11.4 Å². The predicted octanol–water partition coefficient (Wildman–Crippen LogP) is 2.75. The molecule has 1 saturated carbocycles. The van der Waals surface area contributed by atoms with E-state index in [1.165, 1.54) is 0 Å². The summed E-state index contributed by atoms with van der Waals surface area (Å²) in [7, 11) is 0. The van der Waals surface area contributed by atoms with Crippen LogP contribution >= 0.6 is 0 Å². The van der Waals surface area contributed by atoms with Gasteiger partial charge in [-0.1, -0.05) is 42.5 Å². The number of tetrazole rings is 1. The fourth-order valence-corrected chi connectivity index (χ4v) is 3.56. The van der Waals surface area contributed by atoms with Crippen LogP contribution in [-0.4, -0.2) is 37.3 Å². The van der Waals surface area contributed by atoms with Crippen LogP contribution in [0, 0.1) is 0 Å². The Morgan fingerprint density at radius 1 is 1.04 bits per heavy atom. The molecule has 1 amide bonds. The average molecular weight is 377 g/mol. The molecule has 0 saturated heterocycles. The fourth-order valence-electron chi connectivity index (χ4n) is 3.56. The molecular formula is C21H23N5O2. The van der Waals surface area contributed by atoms with Crippen LogP contribution in [0.15, 0.2) is 54.6 Å². The quantitative estimate of drug-likeness (QED) is 0.713. The Bertz CT molecular complexity index is 915. The normalized spacial score (nSPS) is 19.3. The Kier molecular flexibility index (Phi) is 5.43. The molecule has 1 fully saturated rings. The van der Waals surface area contributed by atoms with Gasteiger partial charge in [0.1, 0.15) is 0 Å². The molecule has 1 aromatic heterocycles. The average Bonchev–Trinajstić information content (AvgIpc) is 3.25. The van der Waals surface area contributed by atoms with Gasteiger partial charge in [0.25, 0.3) is 5.91 Å². The second-order valence-electron chi connectivity index (χ2n) is 7.13. The molecule has 1 aliphatic carbocycles. The van der Waals surface area contributed by atoms with E-state index in [9.17, 15) is 4.79 Å². The van der Waals surface area contributed by atoms with Crippen LogP contribution in [0.25, 0.3) is 11.4 Å². The van der Waals surface area contributed by atoms with Crippen LogP contribution in [0.1, 0.15) is 47.6 Å². The van der Waals surface area contributed by atoms with Crippen LogP contribution in [0.2, 0.25) is 0 Å². The fraction of sp³-hybridized carbons (Fsp3) is 0.333. The van der Waals surface area contributed by atoms with Crippen LogP contribution in [0.3, 0.4) is 0 Å². The van der Waals surface area contributed by atoms with Gasteiger partial charge >= 0.3 is 0 Å². The van der Waals surface area contributed by atoms with Crippen molar-refractivity contribution < 1.29 is 9.90 Å². The molecule has 0 atom stereocenters. The standard InChI is InChI=1S/C21H23N5O2/c27-14-15-6-8-17(9-7-15)21(28)22-18-10-12-19(13-11-18)26-24-20(23-25-26)16-4-2-1-3-5-16/h1-9,18-19,27H,10-14H2,(H,22,28). The lowest BCUT2D eigenvalue weighted by molar-refractivity contribution is 0.0920. The van der Waals surface area contributed by atoms with E-state index in [-0.39, 0.29) is 24.6 Å². The Morgan fingerprint density at radius 3 is 2.43 bits per heavy atom. The zero-order valence-corrected chi connectivity index (χ0v) is 15.5. The minimum atomic E-state index is -0.0711. The van der Waals surface area contributed by atoms with Gasteiger partial charge in [-0.25, -0.2) is 0 Å². The Hall–Kier alpha value is -3.06. The summed E-state index contributed by atoms with van der Waals surface area (Å²) < 4.78 is 0. The summed E-state index contributed by atoms with van der Waals surface area (Å²) in [5.41, 5.74) is 2.37. The van der Waals surface area contributed by atoms with Crippen molar-refractivity contribution in [2.24, 2.45) is 0 Å². The van der Waals surface area contributed by atoms with Gasteiger partial charge in [-0.05, 0) is 48.6 Å². The second-order valence-corrected chi connectivity index (χ2v) is 7.13. The number of benzene rings is 2. The van der Waals surface area contributed by atoms with E-state index in [0.717, 1.165) is 36.8 Å². The molecule has 1 heterocycles. The van der Waals surface area contributed by atoms with E-state index < -0.39 is 0 Å². The second kappa shape index (κ2) is 8.31. The molecule has 7 nitrogen and oxygen atoms in total. The number of hydrogen-bond acceptors (Lipinski definition) is 5. The summed E-state index contributed by atoms with van der Waals surface area (Å²) in [6, 6.07) is 17.2. The van der Waals surface area contributed by atoms with Crippen molar-refractivity contribution >= 4 is 5.91 Å². The van der Waals surface area contributed by atoms with E-state index in [4.69, 9.17) is 5.11 Å². The number of amides is 1. The number of aliphatic hydroxyl groups is 1.